The molecule has 0 bridgehead atoms. The molecule has 1 heterocycles. The molecule has 1 aromatic rings. The summed E-state index contributed by atoms with van der Waals surface area (Å²) in [6, 6.07) is 4.60. The molecule has 0 radical (unpaired) electrons. The molecule has 1 unspecified atom stereocenters. The van der Waals surface area contributed by atoms with Crippen LogP contribution >= 0.6 is 15.9 Å². The predicted octanol–water partition coefficient (Wildman–Crippen LogP) is 3.31. The molecule has 1 aliphatic rings. The fourth-order valence-corrected chi connectivity index (χ4v) is 2.55. The van der Waals surface area contributed by atoms with Gasteiger partial charge in [0.2, 0.25) is 5.91 Å². The van der Waals surface area contributed by atoms with Crippen LogP contribution < -0.4 is 10.6 Å². The Kier molecular flexibility index (Phi) is 5.34. The van der Waals surface area contributed by atoms with Crippen LogP contribution in [0, 0.1) is 11.7 Å². The quantitative estimate of drug-likeness (QED) is 0.890. The maximum atomic E-state index is 13.3. The lowest BCUT2D eigenvalue weighted by molar-refractivity contribution is -0.116. The molecule has 3 nitrogen and oxygen atoms in total. The Morgan fingerprint density at radius 1 is 1.53 bits per heavy atom. The molecule has 1 saturated heterocycles. The number of piperidine rings is 1. The van der Waals surface area contributed by atoms with E-state index in [0.29, 0.717) is 22.5 Å². The maximum absolute atomic E-state index is 13.3. The highest BCUT2D eigenvalue weighted by molar-refractivity contribution is 9.10. The number of carbonyl (C=O) groups is 1. The van der Waals surface area contributed by atoms with Crippen molar-refractivity contribution in [3.05, 3.63) is 28.5 Å². The molecule has 19 heavy (non-hydrogen) atoms. The topological polar surface area (TPSA) is 41.1 Å². The molecule has 2 rings (SSSR count). The standard InChI is InChI=1S/C14H18BrFN2O/c15-12-5-4-11(8-13(12)16)18-14(19)6-3-10-2-1-7-17-9-10/h4-5,8,10,17H,1-3,6-7,9H2,(H,18,19). The Bertz CT molecular complexity index is 447. The van der Waals surface area contributed by atoms with Crippen LogP contribution in [0.1, 0.15) is 25.7 Å². The largest absolute Gasteiger partial charge is 0.326 e. The SMILES string of the molecule is O=C(CCC1CCCNC1)Nc1ccc(Br)c(F)c1. The number of halogens is 2. The Morgan fingerprint density at radius 2 is 2.37 bits per heavy atom. The molecule has 1 amide bonds. The first-order valence-electron chi connectivity index (χ1n) is 6.61. The first-order chi connectivity index (χ1) is 9.15. The average molecular weight is 329 g/mol. The first kappa shape index (κ1) is 14.5. The lowest BCUT2D eigenvalue weighted by atomic mass is 9.94. The van der Waals surface area contributed by atoms with Crippen LogP contribution in [0.25, 0.3) is 0 Å². The molecule has 1 fully saturated rings. The molecule has 2 N–H and O–H groups in total. The molecule has 0 saturated carbocycles. The van der Waals surface area contributed by atoms with Gasteiger partial charge in [0.15, 0.2) is 0 Å². The van der Waals surface area contributed by atoms with Gasteiger partial charge in [-0.3, -0.25) is 4.79 Å². The number of anilines is 1. The number of hydrogen-bond donors (Lipinski definition) is 2. The van der Waals surface area contributed by atoms with Gasteiger partial charge in [-0.05, 0) is 72.4 Å². The van der Waals surface area contributed by atoms with Crippen LogP contribution in [0.15, 0.2) is 22.7 Å². The first-order valence-corrected chi connectivity index (χ1v) is 7.40. The highest BCUT2D eigenvalue weighted by Crippen LogP contribution is 2.20. The monoisotopic (exact) mass is 328 g/mol. The highest BCUT2D eigenvalue weighted by Gasteiger charge is 2.14. The summed E-state index contributed by atoms with van der Waals surface area (Å²) in [6.45, 7) is 2.08. The number of carbonyl (C=O) groups excluding carboxylic acids is 1. The Balaban J connectivity index is 1.78. The van der Waals surface area contributed by atoms with Crippen molar-refractivity contribution in [1.82, 2.24) is 5.32 Å². The number of hydrogen-bond acceptors (Lipinski definition) is 2. The van der Waals surface area contributed by atoms with Crippen molar-refractivity contribution in [2.75, 3.05) is 18.4 Å². The second kappa shape index (κ2) is 7.01. The van der Waals surface area contributed by atoms with Crippen LogP contribution in [0.2, 0.25) is 0 Å². The minimum atomic E-state index is -0.366. The number of rotatable bonds is 4. The Hall–Kier alpha value is -0.940. The fraction of sp³-hybridized carbons (Fsp3) is 0.500. The summed E-state index contributed by atoms with van der Waals surface area (Å²) in [4.78, 5) is 11.8. The molecule has 1 aliphatic heterocycles. The third kappa shape index (κ3) is 4.58. The van der Waals surface area contributed by atoms with Crippen LogP contribution in [-0.2, 0) is 4.79 Å². The van der Waals surface area contributed by atoms with Crippen molar-refractivity contribution in [2.24, 2.45) is 5.92 Å². The summed E-state index contributed by atoms with van der Waals surface area (Å²) in [7, 11) is 0. The van der Waals surface area contributed by atoms with E-state index in [2.05, 4.69) is 26.6 Å². The van der Waals surface area contributed by atoms with Crippen molar-refractivity contribution >= 4 is 27.5 Å². The summed E-state index contributed by atoms with van der Waals surface area (Å²) in [6.07, 6.45) is 3.75. The van der Waals surface area contributed by atoms with Crippen molar-refractivity contribution in [3.8, 4) is 0 Å². The van der Waals surface area contributed by atoms with Crippen molar-refractivity contribution in [1.29, 1.82) is 0 Å². The van der Waals surface area contributed by atoms with Crippen LogP contribution in [0.3, 0.4) is 0 Å². The summed E-state index contributed by atoms with van der Waals surface area (Å²) >= 11 is 3.08. The molecular formula is C14H18BrFN2O. The van der Waals surface area contributed by atoms with E-state index in [-0.39, 0.29) is 11.7 Å². The van der Waals surface area contributed by atoms with Gasteiger partial charge in [-0.2, -0.15) is 0 Å². The zero-order chi connectivity index (χ0) is 13.7. The predicted molar refractivity (Wildman–Crippen MR) is 77.6 cm³/mol. The fourth-order valence-electron chi connectivity index (χ4n) is 2.30. The van der Waals surface area contributed by atoms with Crippen LogP contribution in [0.4, 0.5) is 10.1 Å². The summed E-state index contributed by atoms with van der Waals surface area (Å²) in [5.74, 6) is 0.169. The molecule has 1 atom stereocenters. The second-order valence-electron chi connectivity index (χ2n) is 4.93. The third-order valence-electron chi connectivity index (χ3n) is 3.38. The Morgan fingerprint density at radius 3 is 3.05 bits per heavy atom. The van der Waals surface area contributed by atoms with Gasteiger partial charge in [0.05, 0.1) is 4.47 Å². The third-order valence-corrected chi connectivity index (χ3v) is 4.03. The summed E-state index contributed by atoms with van der Waals surface area (Å²) in [5.41, 5.74) is 0.507. The van der Waals surface area contributed by atoms with Gasteiger partial charge in [0.1, 0.15) is 5.82 Å². The number of nitrogens with one attached hydrogen (secondary N) is 2. The van der Waals surface area contributed by atoms with E-state index < -0.39 is 0 Å². The van der Waals surface area contributed by atoms with Crippen molar-refractivity contribution < 1.29 is 9.18 Å². The average Bonchev–Trinajstić information content (AvgIpc) is 2.42. The molecule has 0 spiro atoms. The Labute approximate surface area is 121 Å². The molecule has 1 aromatic carbocycles. The van der Waals surface area contributed by atoms with E-state index in [1.54, 1.807) is 12.1 Å². The van der Waals surface area contributed by atoms with Crippen molar-refractivity contribution in [2.45, 2.75) is 25.7 Å². The van der Waals surface area contributed by atoms with Crippen molar-refractivity contribution in [3.63, 3.8) is 0 Å². The number of amides is 1. The molecule has 104 valence electrons. The van der Waals surface area contributed by atoms with Gasteiger partial charge in [0.25, 0.3) is 0 Å². The smallest absolute Gasteiger partial charge is 0.224 e. The van der Waals surface area contributed by atoms with Gasteiger partial charge < -0.3 is 10.6 Å². The van der Waals surface area contributed by atoms with E-state index in [1.165, 1.54) is 18.9 Å². The minimum Gasteiger partial charge on any atom is -0.326 e. The van der Waals surface area contributed by atoms with Gasteiger partial charge in [-0.15, -0.1) is 0 Å². The van der Waals surface area contributed by atoms with Gasteiger partial charge in [0, 0.05) is 12.1 Å². The van der Waals surface area contributed by atoms with Crippen LogP contribution in [-0.4, -0.2) is 19.0 Å². The highest BCUT2D eigenvalue weighted by atomic mass is 79.9. The molecular weight excluding hydrogens is 311 g/mol. The lowest BCUT2D eigenvalue weighted by Gasteiger charge is -2.22. The summed E-state index contributed by atoms with van der Waals surface area (Å²) in [5, 5.41) is 6.06. The van der Waals surface area contributed by atoms with E-state index >= 15 is 0 Å². The minimum absolute atomic E-state index is 0.0488. The molecule has 0 aliphatic carbocycles. The van der Waals surface area contributed by atoms with E-state index in [1.807, 2.05) is 0 Å². The molecule has 5 heteroatoms. The van der Waals surface area contributed by atoms with Gasteiger partial charge in [-0.1, -0.05) is 0 Å². The number of benzene rings is 1. The lowest BCUT2D eigenvalue weighted by Crippen LogP contribution is -2.30. The van der Waals surface area contributed by atoms with Gasteiger partial charge in [-0.25, -0.2) is 4.39 Å². The van der Waals surface area contributed by atoms with E-state index in [9.17, 15) is 9.18 Å². The van der Waals surface area contributed by atoms with E-state index in [0.717, 1.165) is 19.5 Å². The van der Waals surface area contributed by atoms with Crippen LogP contribution in [0.5, 0.6) is 0 Å². The summed E-state index contributed by atoms with van der Waals surface area (Å²) < 4.78 is 13.7. The normalized spacial score (nSPS) is 19.2. The van der Waals surface area contributed by atoms with Gasteiger partial charge >= 0.3 is 0 Å². The van der Waals surface area contributed by atoms with E-state index in [4.69, 9.17) is 0 Å². The zero-order valence-electron chi connectivity index (χ0n) is 10.7. The maximum Gasteiger partial charge on any atom is 0.224 e. The zero-order valence-corrected chi connectivity index (χ0v) is 12.3. The second-order valence-corrected chi connectivity index (χ2v) is 5.78. The molecule has 0 aromatic heterocycles.